The Morgan fingerprint density at radius 3 is 2.26 bits per heavy atom. The quantitative estimate of drug-likeness (QED) is 0.351. The van der Waals surface area contributed by atoms with Crippen molar-refractivity contribution in [1.29, 1.82) is 0 Å². The molecule has 0 fully saturated rings. The summed E-state index contributed by atoms with van der Waals surface area (Å²) in [5, 5.41) is 5.63. The minimum atomic E-state index is -3.39. The van der Waals surface area contributed by atoms with Crippen molar-refractivity contribution in [3.8, 4) is 17.2 Å². The smallest absolute Gasteiger partial charge is 0.265 e. The fourth-order valence-corrected chi connectivity index (χ4v) is 4.16. The first-order valence-corrected chi connectivity index (χ1v) is 14.0. The predicted octanol–water partition coefficient (Wildman–Crippen LogP) is 3.48. The second-order valence-electron chi connectivity index (χ2n) is 8.71. The summed E-state index contributed by atoms with van der Waals surface area (Å²) in [6, 6.07) is 18.6. The molecule has 0 saturated heterocycles. The lowest BCUT2D eigenvalue weighted by atomic mass is 10.1. The van der Waals surface area contributed by atoms with Crippen LogP contribution in [0.3, 0.4) is 0 Å². The van der Waals surface area contributed by atoms with Gasteiger partial charge in [-0.05, 0) is 67.4 Å². The number of nitrogens with one attached hydrogen (secondary N) is 2. The van der Waals surface area contributed by atoms with E-state index in [9.17, 15) is 18.0 Å². The molecule has 0 aliphatic carbocycles. The van der Waals surface area contributed by atoms with Crippen LogP contribution >= 0.6 is 0 Å². The lowest BCUT2D eigenvalue weighted by molar-refractivity contribution is -0.122. The molecule has 2 amide bonds. The third-order valence-electron chi connectivity index (χ3n) is 5.96. The van der Waals surface area contributed by atoms with Crippen LogP contribution < -0.4 is 29.1 Å². The Morgan fingerprint density at radius 2 is 1.62 bits per heavy atom. The predicted molar refractivity (Wildman–Crippen MR) is 150 cm³/mol. The minimum Gasteiger partial charge on any atom is -0.493 e. The number of hydrogen-bond donors (Lipinski definition) is 2. The highest BCUT2D eigenvalue weighted by molar-refractivity contribution is 7.92. The van der Waals surface area contributed by atoms with Crippen LogP contribution in [0.1, 0.15) is 22.8 Å². The molecule has 3 rings (SSSR count). The molecule has 0 bridgehead atoms. The number of para-hydroxylation sites is 1. The number of sulfonamides is 1. The first-order chi connectivity index (χ1) is 18.5. The second kappa shape index (κ2) is 13.0. The molecule has 11 heteroatoms. The van der Waals surface area contributed by atoms with E-state index in [0.29, 0.717) is 47.2 Å². The molecule has 0 radical (unpaired) electrons. The maximum atomic E-state index is 12.9. The van der Waals surface area contributed by atoms with Crippen LogP contribution in [0, 0.1) is 0 Å². The van der Waals surface area contributed by atoms with Gasteiger partial charge in [-0.1, -0.05) is 18.2 Å². The first kappa shape index (κ1) is 29.3. The van der Waals surface area contributed by atoms with Crippen LogP contribution in [-0.4, -0.2) is 60.4 Å². The number of benzene rings is 3. The van der Waals surface area contributed by atoms with Gasteiger partial charge in [0.15, 0.2) is 17.6 Å². The zero-order chi connectivity index (χ0) is 28.6. The van der Waals surface area contributed by atoms with Gasteiger partial charge in [0.1, 0.15) is 5.75 Å². The molecule has 3 aromatic carbocycles. The van der Waals surface area contributed by atoms with E-state index in [1.165, 1.54) is 7.05 Å². The second-order valence-corrected chi connectivity index (χ2v) is 10.7. The number of anilines is 2. The third-order valence-corrected chi connectivity index (χ3v) is 7.16. The number of rotatable bonds is 12. The zero-order valence-corrected chi connectivity index (χ0v) is 23.4. The van der Waals surface area contributed by atoms with Crippen LogP contribution in [0.15, 0.2) is 66.7 Å². The Morgan fingerprint density at radius 1 is 0.949 bits per heavy atom. The standard InChI is InChI=1S/C28H33N3O7S/c1-19(38-22-13-11-21(12-14-22)31(2)39(5,34)35)27(32)30-24-9-7-6-8-23(24)28(33)29-17-16-20-10-15-25(36-3)26(18-20)37-4/h6-15,18-19H,16-17H2,1-5H3,(H,29,33)(H,30,32). The van der Waals surface area contributed by atoms with E-state index < -0.39 is 22.0 Å². The van der Waals surface area contributed by atoms with Crippen molar-refractivity contribution in [2.24, 2.45) is 0 Å². The summed E-state index contributed by atoms with van der Waals surface area (Å²) >= 11 is 0. The van der Waals surface area contributed by atoms with Crippen LogP contribution in [0.4, 0.5) is 11.4 Å². The summed E-state index contributed by atoms with van der Waals surface area (Å²) in [7, 11) is 1.20. The van der Waals surface area contributed by atoms with E-state index in [-0.39, 0.29) is 5.91 Å². The Balaban J connectivity index is 1.59. The normalized spacial score (nSPS) is 11.7. The van der Waals surface area contributed by atoms with Gasteiger partial charge in [-0.3, -0.25) is 13.9 Å². The average molecular weight is 556 g/mol. The molecule has 10 nitrogen and oxygen atoms in total. The topological polar surface area (TPSA) is 123 Å². The van der Waals surface area contributed by atoms with Gasteiger partial charge in [0.2, 0.25) is 10.0 Å². The van der Waals surface area contributed by atoms with E-state index in [1.54, 1.807) is 69.7 Å². The monoisotopic (exact) mass is 555 g/mol. The number of methoxy groups -OCH3 is 2. The number of ether oxygens (including phenoxy) is 3. The van der Waals surface area contributed by atoms with Crippen molar-refractivity contribution in [2.45, 2.75) is 19.4 Å². The Hall–Kier alpha value is -4.25. The fourth-order valence-electron chi connectivity index (χ4n) is 3.66. The highest BCUT2D eigenvalue weighted by Crippen LogP contribution is 2.27. The lowest BCUT2D eigenvalue weighted by Crippen LogP contribution is -2.32. The molecule has 0 aromatic heterocycles. The molecular formula is C28H33N3O7S. The third kappa shape index (κ3) is 7.87. The summed E-state index contributed by atoms with van der Waals surface area (Å²) in [4.78, 5) is 25.7. The van der Waals surface area contributed by atoms with Crippen LogP contribution in [0.2, 0.25) is 0 Å². The van der Waals surface area contributed by atoms with E-state index in [2.05, 4.69) is 10.6 Å². The first-order valence-electron chi connectivity index (χ1n) is 12.1. The summed E-state index contributed by atoms with van der Waals surface area (Å²) in [5.41, 5.74) is 2.11. The van der Waals surface area contributed by atoms with Crippen molar-refractivity contribution in [3.63, 3.8) is 0 Å². The molecule has 3 aromatic rings. The lowest BCUT2D eigenvalue weighted by Gasteiger charge is -2.19. The summed E-state index contributed by atoms with van der Waals surface area (Å²) in [6.45, 7) is 1.96. The van der Waals surface area contributed by atoms with Crippen molar-refractivity contribution >= 4 is 33.2 Å². The van der Waals surface area contributed by atoms with Crippen molar-refractivity contribution in [3.05, 3.63) is 77.9 Å². The van der Waals surface area contributed by atoms with E-state index >= 15 is 0 Å². The number of hydrogen-bond acceptors (Lipinski definition) is 7. The van der Waals surface area contributed by atoms with Gasteiger partial charge in [0.05, 0.1) is 37.4 Å². The van der Waals surface area contributed by atoms with E-state index in [0.717, 1.165) is 16.1 Å². The number of amides is 2. The summed E-state index contributed by atoms with van der Waals surface area (Å²) < 4.78 is 40.8. The zero-order valence-electron chi connectivity index (χ0n) is 22.6. The molecule has 0 aliphatic rings. The summed E-state index contributed by atoms with van der Waals surface area (Å²) in [5.74, 6) is 0.862. The molecule has 39 heavy (non-hydrogen) atoms. The van der Waals surface area contributed by atoms with Crippen molar-refractivity contribution < 1.29 is 32.2 Å². The molecule has 0 aliphatic heterocycles. The van der Waals surface area contributed by atoms with Crippen molar-refractivity contribution in [1.82, 2.24) is 5.32 Å². The highest BCUT2D eigenvalue weighted by atomic mass is 32.2. The highest BCUT2D eigenvalue weighted by Gasteiger charge is 2.19. The molecular weight excluding hydrogens is 522 g/mol. The Labute approximate surface area is 228 Å². The molecule has 1 unspecified atom stereocenters. The molecule has 208 valence electrons. The summed E-state index contributed by atoms with van der Waals surface area (Å²) in [6.07, 6.45) is 0.800. The fraction of sp³-hybridized carbons (Fsp3) is 0.286. The van der Waals surface area contributed by atoms with Gasteiger partial charge in [-0.2, -0.15) is 0 Å². The molecule has 0 spiro atoms. The maximum absolute atomic E-state index is 12.9. The van der Waals surface area contributed by atoms with E-state index in [4.69, 9.17) is 14.2 Å². The van der Waals surface area contributed by atoms with E-state index in [1.807, 2.05) is 18.2 Å². The van der Waals surface area contributed by atoms with Gasteiger partial charge in [-0.25, -0.2) is 8.42 Å². The molecule has 0 heterocycles. The number of nitrogens with zero attached hydrogens (tertiary/aromatic N) is 1. The SMILES string of the molecule is COc1ccc(CCNC(=O)c2ccccc2NC(=O)C(C)Oc2ccc(N(C)S(C)(=O)=O)cc2)cc1OC. The van der Waals surface area contributed by atoms with Crippen molar-refractivity contribution in [2.75, 3.05) is 43.7 Å². The van der Waals surface area contributed by atoms with Gasteiger partial charge >= 0.3 is 0 Å². The van der Waals surface area contributed by atoms with Gasteiger partial charge in [0, 0.05) is 13.6 Å². The van der Waals surface area contributed by atoms with Crippen LogP contribution in [0.25, 0.3) is 0 Å². The minimum absolute atomic E-state index is 0.318. The Bertz CT molecular complexity index is 1410. The maximum Gasteiger partial charge on any atom is 0.265 e. The van der Waals surface area contributed by atoms with Gasteiger partial charge < -0.3 is 24.8 Å². The van der Waals surface area contributed by atoms with Crippen LogP contribution in [-0.2, 0) is 21.2 Å². The van der Waals surface area contributed by atoms with Crippen LogP contribution in [0.5, 0.6) is 17.2 Å². The van der Waals surface area contributed by atoms with Gasteiger partial charge in [-0.15, -0.1) is 0 Å². The average Bonchev–Trinajstić information content (AvgIpc) is 2.92. The Kier molecular flexibility index (Phi) is 9.78. The largest absolute Gasteiger partial charge is 0.493 e. The number of carbonyl (C=O) groups is 2. The molecule has 2 N–H and O–H groups in total. The molecule has 0 saturated carbocycles. The number of carbonyl (C=O) groups excluding carboxylic acids is 2. The molecule has 1 atom stereocenters. The van der Waals surface area contributed by atoms with Gasteiger partial charge in [0.25, 0.3) is 11.8 Å².